The van der Waals surface area contributed by atoms with Crippen molar-refractivity contribution in [3.05, 3.63) is 45.7 Å². The van der Waals surface area contributed by atoms with Gasteiger partial charge in [0.05, 0.1) is 11.9 Å². The monoisotopic (exact) mass is 313 g/mol. The summed E-state index contributed by atoms with van der Waals surface area (Å²) < 4.78 is 2.91. The first kappa shape index (κ1) is 12.5. The van der Waals surface area contributed by atoms with Crippen molar-refractivity contribution in [3.8, 4) is 0 Å². The van der Waals surface area contributed by atoms with Gasteiger partial charge in [-0.2, -0.15) is 5.10 Å². The Hall–Kier alpha value is -1.00. The Morgan fingerprint density at radius 3 is 3.00 bits per heavy atom. The quantitative estimate of drug-likeness (QED) is 0.926. The number of aromatic nitrogens is 2. The Kier molecular flexibility index (Phi) is 4.07. The van der Waals surface area contributed by atoms with Crippen LogP contribution in [0.4, 0.5) is 5.69 Å². The van der Waals surface area contributed by atoms with Crippen molar-refractivity contribution in [1.29, 1.82) is 0 Å². The van der Waals surface area contributed by atoms with Crippen LogP contribution in [0.3, 0.4) is 0 Å². The number of aryl methyl sites for hydroxylation is 1. The van der Waals surface area contributed by atoms with Crippen molar-refractivity contribution in [2.45, 2.75) is 20.0 Å². The van der Waals surface area contributed by atoms with Gasteiger partial charge in [0.2, 0.25) is 0 Å². The maximum Gasteiger partial charge on any atom is 0.0729 e. The molecule has 2 aromatic rings. The minimum atomic E-state index is 0.688. The second-order valence-electron chi connectivity index (χ2n) is 3.67. The van der Waals surface area contributed by atoms with E-state index in [2.05, 4.69) is 33.3 Å². The van der Waals surface area contributed by atoms with Gasteiger partial charge >= 0.3 is 0 Å². The van der Waals surface area contributed by atoms with Crippen LogP contribution in [0, 0.1) is 0 Å². The molecule has 0 bridgehead atoms. The molecule has 0 spiro atoms. The Balaban J connectivity index is 2.04. The van der Waals surface area contributed by atoms with E-state index in [1.807, 2.05) is 35.3 Å². The van der Waals surface area contributed by atoms with Crippen LogP contribution in [-0.2, 0) is 13.1 Å². The normalized spacial score (nSPS) is 10.5. The lowest BCUT2D eigenvalue weighted by atomic mass is 10.2. The minimum absolute atomic E-state index is 0.688. The highest BCUT2D eigenvalue weighted by atomic mass is 79.9. The van der Waals surface area contributed by atoms with E-state index in [0.29, 0.717) is 6.54 Å². The van der Waals surface area contributed by atoms with Gasteiger partial charge < -0.3 is 5.32 Å². The summed E-state index contributed by atoms with van der Waals surface area (Å²) in [5.74, 6) is 0. The highest BCUT2D eigenvalue weighted by molar-refractivity contribution is 9.10. The Bertz CT molecular complexity index is 510. The molecular weight excluding hydrogens is 302 g/mol. The van der Waals surface area contributed by atoms with Gasteiger partial charge in [-0.1, -0.05) is 27.5 Å². The van der Waals surface area contributed by atoms with E-state index in [1.165, 1.54) is 0 Å². The molecule has 1 aromatic heterocycles. The molecule has 0 unspecified atom stereocenters. The van der Waals surface area contributed by atoms with Crippen LogP contribution in [0.5, 0.6) is 0 Å². The molecule has 0 saturated carbocycles. The molecule has 0 radical (unpaired) electrons. The largest absolute Gasteiger partial charge is 0.378 e. The predicted molar refractivity (Wildman–Crippen MR) is 74.4 cm³/mol. The average Bonchev–Trinajstić information content (AvgIpc) is 2.78. The van der Waals surface area contributed by atoms with E-state index in [9.17, 15) is 0 Å². The molecule has 0 aliphatic carbocycles. The molecule has 0 atom stereocenters. The standard InChI is InChI=1S/C12H13BrClN3/c1-2-17-8-11(7-16-17)15-6-9-5-10(13)3-4-12(9)14/h3-5,7-8,15H,2,6H2,1H3. The molecule has 1 aromatic carbocycles. The summed E-state index contributed by atoms with van der Waals surface area (Å²) in [4.78, 5) is 0. The highest BCUT2D eigenvalue weighted by Gasteiger charge is 2.02. The number of halogens is 2. The van der Waals surface area contributed by atoms with E-state index >= 15 is 0 Å². The van der Waals surface area contributed by atoms with Gasteiger partial charge in [0.15, 0.2) is 0 Å². The zero-order valence-electron chi connectivity index (χ0n) is 9.45. The first-order chi connectivity index (χ1) is 8.19. The molecule has 1 heterocycles. The maximum absolute atomic E-state index is 6.11. The fourth-order valence-corrected chi connectivity index (χ4v) is 2.10. The van der Waals surface area contributed by atoms with Gasteiger partial charge in [0, 0.05) is 28.8 Å². The van der Waals surface area contributed by atoms with E-state index in [1.54, 1.807) is 0 Å². The number of benzene rings is 1. The lowest BCUT2D eigenvalue weighted by Gasteiger charge is -2.06. The molecule has 3 nitrogen and oxygen atoms in total. The Labute approximate surface area is 114 Å². The fraction of sp³-hybridized carbons (Fsp3) is 0.250. The molecule has 0 saturated heterocycles. The zero-order chi connectivity index (χ0) is 12.3. The third-order valence-electron chi connectivity index (χ3n) is 2.45. The van der Waals surface area contributed by atoms with E-state index in [-0.39, 0.29) is 0 Å². The van der Waals surface area contributed by atoms with Gasteiger partial charge in [0.25, 0.3) is 0 Å². The summed E-state index contributed by atoms with van der Waals surface area (Å²) in [5.41, 5.74) is 2.06. The zero-order valence-corrected chi connectivity index (χ0v) is 11.8. The summed E-state index contributed by atoms with van der Waals surface area (Å²) in [6, 6.07) is 5.83. The molecule has 1 N–H and O–H groups in total. The van der Waals surface area contributed by atoms with Crippen LogP contribution in [0.1, 0.15) is 12.5 Å². The van der Waals surface area contributed by atoms with Crippen molar-refractivity contribution in [3.63, 3.8) is 0 Å². The number of rotatable bonds is 4. The van der Waals surface area contributed by atoms with Gasteiger partial charge in [-0.3, -0.25) is 4.68 Å². The van der Waals surface area contributed by atoms with Crippen molar-refractivity contribution >= 4 is 33.2 Å². The van der Waals surface area contributed by atoms with Crippen molar-refractivity contribution in [2.75, 3.05) is 5.32 Å². The lowest BCUT2D eigenvalue weighted by Crippen LogP contribution is -1.99. The van der Waals surface area contributed by atoms with E-state index < -0.39 is 0 Å². The van der Waals surface area contributed by atoms with Crippen LogP contribution in [-0.4, -0.2) is 9.78 Å². The first-order valence-corrected chi connectivity index (χ1v) is 6.56. The van der Waals surface area contributed by atoms with Crippen molar-refractivity contribution in [1.82, 2.24) is 9.78 Å². The van der Waals surface area contributed by atoms with E-state index in [0.717, 1.165) is 27.3 Å². The summed E-state index contributed by atoms with van der Waals surface area (Å²) in [5, 5.41) is 8.26. The maximum atomic E-state index is 6.11. The van der Waals surface area contributed by atoms with E-state index in [4.69, 9.17) is 11.6 Å². The second kappa shape index (κ2) is 5.56. The van der Waals surface area contributed by atoms with Crippen LogP contribution >= 0.6 is 27.5 Å². The number of nitrogens with zero attached hydrogens (tertiary/aromatic N) is 2. The lowest BCUT2D eigenvalue weighted by molar-refractivity contribution is 0.660. The van der Waals surface area contributed by atoms with Gasteiger partial charge in [-0.15, -0.1) is 0 Å². The molecular formula is C12H13BrClN3. The van der Waals surface area contributed by atoms with Gasteiger partial charge in [0.1, 0.15) is 0 Å². The Morgan fingerprint density at radius 1 is 1.47 bits per heavy atom. The second-order valence-corrected chi connectivity index (χ2v) is 5.00. The van der Waals surface area contributed by atoms with Gasteiger partial charge in [-0.05, 0) is 30.7 Å². The number of nitrogens with one attached hydrogen (secondary N) is 1. The fourth-order valence-electron chi connectivity index (χ4n) is 1.50. The van der Waals surface area contributed by atoms with Crippen molar-refractivity contribution in [2.24, 2.45) is 0 Å². The molecule has 90 valence electrons. The van der Waals surface area contributed by atoms with Crippen LogP contribution in [0.25, 0.3) is 0 Å². The number of anilines is 1. The molecule has 2 rings (SSSR count). The number of hydrogen-bond donors (Lipinski definition) is 1. The Morgan fingerprint density at radius 2 is 2.29 bits per heavy atom. The summed E-state index contributed by atoms with van der Waals surface area (Å²) >= 11 is 9.55. The molecule has 0 amide bonds. The molecule has 0 aliphatic rings. The third-order valence-corrected chi connectivity index (χ3v) is 3.31. The minimum Gasteiger partial charge on any atom is -0.378 e. The predicted octanol–water partition coefficient (Wildman–Crippen LogP) is 3.93. The average molecular weight is 315 g/mol. The third kappa shape index (κ3) is 3.23. The van der Waals surface area contributed by atoms with Crippen LogP contribution < -0.4 is 5.32 Å². The summed E-state index contributed by atoms with van der Waals surface area (Å²) in [7, 11) is 0. The molecule has 17 heavy (non-hydrogen) atoms. The molecule has 0 aliphatic heterocycles. The summed E-state index contributed by atoms with van der Waals surface area (Å²) in [6.07, 6.45) is 3.79. The summed E-state index contributed by atoms with van der Waals surface area (Å²) in [6.45, 7) is 3.62. The highest BCUT2D eigenvalue weighted by Crippen LogP contribution is 2.21. The number of hydrogen-bond acceptors (Lipinski definition) is 2. The molecule has 5 heteroatoms. The molecule has 0 fully saturated rings. The van der Waals surface area contributed by atoms with Crippen LogP contribution in [0.2, 0.25) is 5.02 Å². The van der Waals surface area contributed by atoms with Crippen molar-refractivity contribution < 1.29 is 0 Å². The smallest absolute Gasteiger partial charge is 0.0729 e. The van der Waals surface area contributed by atoms with Gasteiger partial charge in [-0.25, -0.2) is 0 Å². The first-order valence-electron chi connectivity index (χ1n) is 5.39. The SMILES string of the molecule is CCn1cc(NCc2cc(Br)ccc2Cl)cn1. The van der Waals surface area contributed by atoms with Crippen LogP contribution in [0.15, 0.2) is 35.1 Å². The topological polar surface area (TPSA) is 29.9 Å².